The first-order chi connectivity index (χ1) is 9.70. The maximum Gasteiger partial charge on any atom is 0.115 e. The van der Waals surface area contributed by atoms with Gasteiger partial charge in [0, 0.05) is 5.02 Å². The first-order valence-corrected chi connectivity index (χ1v) is 6.76. The van der Waals surface area contributed by atoms with Gasteiger partial charge in [0.2, 0.25) is 0 Å². The van der Waals surface area contributed by atoms with Crippen molar-refractivity contribution >= 4 is 11.6 Å². The van der Waals surface area contributed by atoms with Gasteiger partial charge in [-0.3, -0.25) is 5.32 Å². The molecule has 0 aromatic heterocycles. The molecule has 0 heterocycles. The number of hydrogen-bond acceptors (Lipinski definition) is 2. The van der Waals surface area contributed by atoms with Gasteiger partial charge in [-0.25, -0.2) is 0 Å². The van der Waals surface area contributed by atoms with Crippen LogP contribution in [0.4, 0.5) is 0 Å². The minimum absolute atomic E-state index is 0.0220. The van der Waals surface area contributed by atoms with Crippen LogP contribution in [0.3, 0.4) is 0 Å². The molecule has 0 spiro atoms. The van der Waals surface area contributed by atoms with E-state index < -0.39 is 0 Å². The Morgan fingerprint density at radius 2 is 1.60 bits per heavy atom. The molecule has 0 bridgehead atoms. The Hall–Kier alpha value is -1.95. The number of nitrogens with one attached hydrogen (secondary N) is 1. The fourth-order valence-corrected chi connectivity index (χ4v) is 2.12. The molecule has 2 rings (SSSR count). The average Bonchev–Trinajstić information content (AvgIpc) is 2.46. The summed E-state index contributed by atoms with van der Waals surface area (Å²) < 4.78 is 0. The Bertz CT molecular complexity index is 563. The molecule has 0 saturated heterocycles. The van der Waals surface area contributed by atoms with Crippen molar-refractivity contribution in [3.63, 3.8) is 0 Å². The number of phenolic OH excluding ortho intramolecular Hbond substituents is 1. The Labute approximate surface area is 124 Å². The molecular formula is C17H16ClNO. The van der Waals surface area contributed by atoms with E-state index in [9.17, 15) is 5.11 Å². The van der Waals surface area contributed by atoms with Crippen LogP contribution in [-0.2, 0) is 0 Å². The van der Waals surface area contributed by atoms with E-state index in [0.29, 0.717) is 11.6 Å². The smallest absolute Gasteiger partial charge is 0.115 e. The van der Waals surface area contributed by atoms with Crippen molar-refractivity contribution in [3.05, 3.63) is 64.7 Å². The highest BCUT2D eigenvalue weighted by Gasteiger charge is 2.12. The summed E-state index contributed by atoms with van der Waals surface area (Å²) in [5.41, 5.74) is 2.18. The molecule has 0 fully saturated rings. The number of rotatable bonds is 4. The fourth-order valence-electron chi connectivity index (χ4n) is 1.99. The zero-order valence-corrected chi connectivity index (χ0v) is 12.0. The number of benzene rings is 2. The summed E-state index contributed by atoms with van der Waals surface area (Å²) in [5.74, 6) is 6.14. The van der Waals surface area contributed by atoms with Crippen LogP contribution in [0.25, 0.3) is 0 Å². The molecule has 3 heteroatoms. The lowest BCUT2D eigenvalue weighted by atomic mass is 9.98. The quantitative estimate of drug-likeness (QED) is 0.839. The van der Waals surface area contributed by atoms with Crippen molar-refractivity contribution in [2.45, 2.75) is 13.0 Å². The monoisotopic (exact) mass is 285 g/mol. The lowest BCUT2D eigenvalue weighted by Gasteiger charge is -2.18. The largest absolute Gasteiger partial charge is 0.508 e. The highest BCUT2D eigenvalue weighted by Crippen LogP contribution is 2.24. The predicted molar refractivity (Wildman–Crippen MR) is 82.9 cm³/mol. The minimum Gasteiger partial charge on any atom is -0.508 e. The van der Waals surface area contributed by atoms with Crippen molar-refractivity contribution in [3.8, 4) is 17.6 Å². The highest BCUT2D eigenvalue weighted by molar-refractivity contribution is 6.30. The summed E-state index contributed by atoms with van der Waals surface area (Å²) in [6, 6.07) is 14.9. The molecule has 20 heavy (non-hydrogen) atoms. The van der Waals surface area contributed by atoms with Crippen LogP contribution in [0.2, 0.25) is 5.02 Å². The van der Waals surface area contributed by atoms with E-state index in [0.717, 1.165) is 11.1 Å². The number of aromatic hydroxyl groups is 1. The van der Waals surface area contributed by atoms with Crippen molar-refractivity contribution in [1.82, 2.24) is 5.32 Å². The Kier molecular flexibility index (Phi) is 5.06. The minimum atomic E-state index is 0.0220. The molecule has 0 aliphatic heterocycles. The van der Waals surface area contributed by atoms with Gasteiger partial charge in [-0.2, -0.15) is 0 Å². The third-order valence-electron chi connectivity index (χ3n) is 3.00. The fraction of sp³-hybridized carbons (Fsp3) is 0.176. The van der Waals surface area contributed by atoms with Gasteiger partial charge in [0.15, 0.2) is 0 Å². The molecule has 0 aliphatic rings. The van der Waals surface area contributed by atoms with Crippen LogP contribution < -0.4 is 5.32 Å². The molecule has 0 amide bonds. The van der Waals surface area contributed by atoms with Crippen molar-refractivity contribution in [1.29, 1.82) is 0 Å². The van der Waals surface area contributed by atoms with E-state index in [2.05, 4.69) is 17.2 Å². The summed E-state index contributed by atoms with van der Waals surface area (Å²) in [7, 11) is 0. The average molecular weight is 286 g/mol. The zero-order chi connectivity index (χ0) is 14.4. The van der Waals surface area contributed by atoms with E-state index in [1.165, 1.54) is 0 Å². The summed E-state index contributed by atoms with van der Waals surface area (Å²) in [5, 5.41) is 13.5. The zero-order valence-electron chi connectivity index (χ0n) is 11.2. The van der Waals surface area contributed by atoms with E-state index in [1.807, 2.05) is 43.3 Å². The van der Waals surface area contributed by atoms with Crippen LogP contribution in [0.15, 0.2) is 48.5 Å². The molecule has 1 atom stereocenters. The van der Waals surface area contributed by atoms with Gasteiger partial charge in [-0.05, 0) is 42.3 Å². The number of halogens is 1. The third kappa shape index (κ3) is 3.77. The first-order valence-electron chi connectivity index (χ1n) is 6.38. The highest BCUT2D eigenvalue weighted by atomic mass is 35.5. The van der Waals surface area contributed by atoms with Gasteiger partial charge in [0.05, 0.1) is 12.6 Å². The molecular weight excluding hydrogens is 270 g/mol. The third-order valence-corrected chi connectivity index (χ3v) is 3.25. The molecule has 2 N–H and O–H groups in total. The normalized spacial score (nSPS) is 11.5. The number of hydrogen-bond donors (Lipinski definition) is 2. The molecule has 0 aliphatic carbocycles. The second kappa shape index (κ2) is 7.00. The van der Waals surface area contributed by atoms with Gasteiger partial charge >= 0.3 is 0 Å². The van der Waals surface area contributed by atoms with Crippen molar-refractivity contribution in [2.24, 2.45) is 0 Å². The standard InChI is InChI=1S/C17H16ClNO/c1-2-3-12-19-17(13-4-8-15(18)9-5-13)14-6-10-16(20)11-7-14/h4-11,17,19-20H,12H2,1H3. The van der Waals surface area contributed by atoms with E-state index in [4.69, 9.17) is 11.6 Å². The van der Waals surface area contributed by atoms with Crippen LogP contribution in [0, 0.1) is 11.8 Å². The Balaban J connectivity index is 2.29. The van der Waals surface area contributed by atoms with Gasteiger partial charge in [-0.1, -0.05) is 41.8 Å². The van der Waals surface area contributed by atoms with Gasteiger partial charge < -0.3 is 5.11 Å². The van der Waals surface area contributed by atoms with Crippen LogP contribution >= 0.6 is 11.6 Å². The van der Waals surface area contributed by atoms with E-state index >= 15 is 0 Å². The number of phenols is 1. The second-order valence-electron chi connectivity index (χ2n) is 4.38. The summed E-state index contributed by atoms with van der Waals surface area (Å²) in [4.78, 5) is 0. The van der Waals surface area contributed by atoms with Gasteiger partial charge in [0.25, 0.3) is 0 Å². The molecule has 2 aromatic rings. The van der Waals surface area contributed by atoms with Crippen LogP contribution in [-0.4, -0.2) is 11.7 Å². The van der Waals surface area contributed by atoms with Crippen LogP contribution in [0.1, 0.15) is 24.1 Å². The van der Waals surface area contributed by atoms with E-state index in [-0.39, 0.29) is 11.8 Å². The predicted octanol–water partition coefficient (Wildman–Crippen LogP) is 3.75. The first kappa shape index (κ1) is 14.5. The van der Waals surface area contributed by atoms with Crippen molar-refractivity contribution in [2.75, 3.05) is 6.54 Å². The molecule has 102 valence electrons. The Morgan fingerprint density at radius 1 is 1.05 bits per heavy atom. The van der Waals surface area contributed by atoms with Crippen molar-refractivity contribution < 1.29 is 5.11 Å². The van der Waals surface area contributed by atoms with Gasteiger partial charge in [0.1, 0.15) is 5.75 Å². The SMILES string of the molecule is CC#CCNC(c1ccc(O)cc1)c1ccc(Cl)cc1. The van der Waals surface area contributed by atoms with Gasteiger partial charge in [-0.15, -0.1) is 5.92 Å². The molecule has 0 saturated carbocycles. The molecule has 2 nitrogen and oxygen atoms in total. The second-order valence-corrected chi connectivity index (χ2v) is 4.82. The summed E-state index contributed by atoms with van der Waals surface area (Å²) in [6.07, 6.45) is 0. The lowest BCUT2D eigenvalue weighted by molar-refractivity contribution is 0.474. The summed E-state index contributed by atoms with van der Waals surface area (Å²) >= 11 is 5.93. The topological polar surface area (TPSA) is 32.3 Å². The summed E-state index contributed by atoms with van der Waals surface area (Å²) in [6.45, 7) is 2.42. The molecule has 0 radical (unpaired) electrons. The maximum absolute atomic E-state index is 9.40. The maximum atomic E-state index is 9.40. The lowest BCUT2D eigenvalue weighted by Crippen LogP contribution is -2.22. The van der Waals surface area contributed by atoms with E-state index in [1.54, 1.807) is 12.1 Å². The molecule has 1 unspecified atom stereocenters. The molecule has 2 aromatic carbocycles. The Morgan fingerprint density at radius 3 is 2.15 bits per heavy atom. The van der Waals surface area contributed by atoms with Crippen LogP contribution in [0.5, 0.6) is 5.75 Å².